The van der Waals surface area contributed by atoms with Crippen LogP contribution in [0.3, 0.4) is 0 Å². The van der Waals surface area contributed by atoms with Crippen molar-refractivity contribution in [1.29, 1.82) is 0 Å². The summed E-state index contributed by atoms with van der Waals surface area (Å²) >= 11 is 1.28. The zero-order valence-electron chi connectivity index (χ0n) is 15.9. The van der Waals surface area contributed by atoms with Gasteiger partial charge in [0.1, 0.15) is 16.4 Å². The van der Waals surface area contributed by atoms with E-state index in [9.17, 15) is 19.8 Å². The van der Waals surface area contributed by atoms with Crippen molar-refractivity contribution in [2.24, 2.45) is 5.10 Å². The van der Waals surface area contributed by atoms with E-state index in [0.29, 0.717) is 22.8 Å². The molecule has 0 saturated carbocycles. The summed E-state index contributed by atoms with van der Waals surface area (Å²) in [6.45, 7) is 2.16. The average molecular weight is 426 g/mol. The van der Waals surface area contributed by atoms with Gasteiger partial charge in [-0.3, -0.25) is 4.79 Å². The van der Waals surface area contributed by atoms with E-state index in [4.69, 9.17) is 9.47 Å². The number of aromatic hydroxyl groups is 2. The van der Waals surface area contributed by atoms with E-state index >= 15 is 0 Å². The van der Waals surface area contributed by atoms with Crippen molar-refractivity contribution in [3.05, 3.63) is 69.9 Å². The summed E-state index contributed by atoms with van der Waals surface area (Å²) < 4.78 is 10.9. The Labute approximate surface area is 176 Å². The Morgan fingerprint density at radius 2 is 1.97 bits per heavy atom. The molecular formula is C21H18N2O6S. The van der Waals surface area contributed by atoms with Crippen LogP contribution in [0, 0.1) is 0 Å². The Kier molecular flexibility index (Phi) is 6.66. The summed E-state index contributed by atoms with van der Waals surface area (Å²) in [6, 6.07) is 11.8. The number of hydrazone groups is 1. The fourth-order valence-electron chi connectivity index (χ4n) is 2.43. The van der Waals surface area contributed by atoms with Gasteiger partial charge in [0.05, 0.1) is 18.4 Å². The maximum Gasteiger partial charge on any atom is 0.353 e. The van der Waals surface area contributed by atoms with Crippen molar-refractivity contribution < 1.29 is 29.3 Å². The van der Waals surface area contributed by atoms with Crippen LogP contribution in [0.1, 0.15) is 32.5 Å². The number of nitrogens with zero attached hydrogens (tertiary/aromatic N) is 1. The number of carbonyl (C=O) groups excluding carboxylic acids is 2. The zero-order valence-corrected chi connectivity index (χ0v) is 16.7. The van der Waals surface area contributed by atoms with Gasteiger partial charge in [-0.2, -0.15) is 5.10 Å². The number of hydrogen-bond donors (Lipinski definition) is 3. The highest BCUT2D eigenvalue weighted by Gasteiger charge is 2.14. The number of amides is 1. The van der Waals surface area contributed by atoms with Gasteiger partial charge in [-0.05, 0) is 60.3 Å². The molecule has 30 heavy (non-hydrogen) atoms. The molecule has 2 aromatic carbocycles. The SMILES string of the molecule is CCOc1cc(/C=N\NC(=O)c2cc(O)ccc2O)ccc1OC(=O)c1cccs1. The number of benzene rings is 2. The van der Waals surface area contributed by atoms with Crippen molar-refractivity contribution in [1.82, 2.24) is 5.43 Å². The molecule has 3 aromatic rings. The third kappa shape index (κ3) is 5.15. The Hall–Kier alpha value is -3.85. The minimum absolute atomic E-state index is 0.113. The topological polar surface area (TPSA) is 117 Å². The first kappa shape index (κ1) is 20.9. The van der Waals surface area contributed by atoms with Crippen LogP contribution in [-0.4, -0.2) is 34.9 Å². The maximum atomic E-state index is 12.2. The number of carbonyl (C=O) groups is 2. The molecule has 8 nitrogen and oxygen atoms in total. The second-order valence-corrected chi connectivity index (χ2v) is 6.85. The van der Waals surface area contributed by atoms with Gasteiger partial charge >= 0.3 is 5.97 Å². The molecule has 3 N–H and O–H groups in total. The normalized spacial score (nSPS) is 10.7. The highest BCUT2D eigenvalue weighted by atomic mass is 32.1. The van der Waals surface area contributed by atoms with Gasteiger partial charge in [0.25, 0.3) is 5.91 Å². The van der Waals surface area contributed by atoms with E-state index in [0.717, 1.165) is 6.07 Å². The molecule has 0 unspecified atom stereocenters. The highest BCUT2D eigenvalue weighted by Crippen LogP contribution is 2.29. The number of nitrogens with one attached hydrogen (secondary N) is 1. The number of esters is 1. The molecule has 3 rings (SSSR count). The minimum Gasteiger partial charge on any atom is -0.508 e. The van der Waals surface area contributed by atoms with Crippen LogP contribution in [0.25, 0.3) is 0 Å². The van der Waals surface area contributed by atoms with Crippen LogP contribution in [0.15, 0.2) is 59.0 Å². The van der Waals surface area contributed by atoms with Crippen LogP contribution in [-0.2, 0) is 0 Å². The van der Waals surface area contributed by atoms with E-state index in [1.54, 1.807) is 42.6 Å². The van der Waals surface area contributed by atoms with E-state index in [-0.39, 0.29) is 22.8 Å². The number of phenols is 2. The third-order valence-electron chi connectivity index (χ3n) is 3.80. The monoisotopic (exact) mass is 426 g/mol. The number of hydrogen-bond acceptors (Lipinski definition) is 8. The summed E-state index contributed by atoms with van der Waals surface area (Å²) in [5.74, 6) is -0.992. The lowest BCUT2D eigenvalue weighted by Gasteiger charge is -2.10. The summed E-state index contributed by atoms with van der Waals surface area (Å²) in [5.41, 5.74) is 2.73. The second-order valence-electron chi connectivity index (χ2n) is 5.91. The molecule has 9 heteroatoms. The molecule has 0 radical (unpaired) electrons. The summed E-state index contributed by atoms with van der Waals surface area (Å²) in [6.07, 6.45) is 1.37. The molecule has 0 bridgehead atoms. The molecule has 154 valence electrons. The fourth-order valence-corrected chi connectivity index (χ4v) is 3.03. The average Bonchev–Trinajstić information content (AvgIpc) is 3.27. The van der Waals surface area contributed by atoms with Gasteiger partial charge in [-0.25, -0.2) is 10.2 Å². The molecule has 0 fully saturated rings. The summed E-state index contributed by atoms with van der Waals surface area (Å²) in [4.78, 5) is 24.7. The number of ether oxygens (including phenoxy) is 2. The van der Waals surface area contributed by atoms with Crippen molar-refractivity contribution in [2.45, 2.75) is 6.92 Å². The van der Waals surface area contributed by atoms with Gasteiger partial charge < -0.3 is 19.7 Å². The summed E-state index contributed by atoms with van der Waals surface area (Å²) in [7, 11) is 0. The molecule has 0 atom stereocenters. The molecule has 0 aliphatic carbocycles. The molecule has 1 heterocycles. The second kappa shape index (κ2) is 9.57. The van der Waals surface area contributed by atoms with Crippen LogP contribution in [0.5, 0.6) is 23.0 Å². The number of thiophene rings is 1. The highest BCUT2D eigenvalue weighted by molar-refractivity contribution is 7.12. The fraction of sp³-hybridized carbons (Fsp3) is 0.0952. The summed E-state index contributed by atoms with van der Waals surface area (Å²) in [5, 5.41) is 24.8. The molecular weight excluding hydrogens is 408 g/mol. The lowest BCUT2D eigenvalue weighted by Crippen LogP contribution is -2.17. The first-order valence-corrected chi connectivity index (χ1v) is 9.73. The van der Waals surface area contributed by atoms with E-state index < -0.39 is 11.9 Å². The van der Waals surface area contributed by atoms with Crippen LogP contribution >= 0.6 is 11.3 Å². The van der Waals surface area contributed by atoms with E-state index in [1.807, 2.05) is 0 Å². The lowest BCUT2D eigenvalue weighted by molar-refractivity contribution is 0.0733. The number of phenolic OH excluding ortho intramolecular Hbond substituents is 2. The van der Waals surface area contributed by atoms with Crippen molar-refractivity contribution in [2.75, 3.05) is 6.61 Å². The molecule has 0 saturated heterocycles. The molecule has 1 aromatic heterocycles. The Morgan fingerprint density at radius 3 is 2.70 bits per heavy atom. The van der Waals surface area contributed by atoms with Crippen molar-refractivity contribution >= 4 is 29.4 Å². The van der Waals surface area contributed by atoms with Crippen LogP contribution in [0.2, 0.25) is 0 Å². The first-order valence-electron chi connectivity index (χ1n) is 8.86. The van der Waals surface area contributed by atoms with Crippen molar-refractivity contribution in [3.8, 4) is 23.0 Å². The molecule has 0 aliphatic heterocycles. The quantitative estimate of drug-likeness (QED) is 0.175. The van der Waals surface area contributed by atoms with Gasteiger partial charge in [-0.1, -0.05) is 6.07 Å². The number of rotatable bonds is 7. The van der Waals surface area contributed by atoms with Crippen LogP contribution < -0.4 is 14.9 Å². The minimum atomic E-state index is -0.689. The van der Waals surface area contributed by atoms with Crippen molar-refractivity contribution in [3.63, 3.8) is 0 Å². The predicted octanol–water partition coefficient (Wildman–Crippen LogP) is 3.54. The zero-order chi connectivity index (χ0) is 21.5. The third-order valence-corrected chi connectivity index (χ3v) is 4.65. The Balaban J connectivity index is 1.71. The van der Waals surface area contributed by atoms with Gasteiger partial charge in [-0.15, -0.1) is 11.3 Å². The lowest BCUT2D eigenvalue weighted by atomic mass is 10.2. The molecule has 0 spiro atoms. The van der Waals surface area contributed by atoms with Gasteiger partial charge in [0.2, 0.25) is 0 Å². The standard InChI is InChI=1S/C21H18N2O6S/c1-2-28-18-10-13(5-8-17(18)29-21(27)19-4-3-9-30-19)12-22-23-20(26)15-11-14(24)6-7-16(15)25/h3-12,24-25H,2H2,1H3,(H,23,26)/b22-12-. The smallest absolute Gasteiger partial charge is 0.353 e. The van der Waals surface area contributed by atoms with E-state index in [1.165, 1.54) is 29.7 Å². The van der Waals surface area contributed by atoms with Gasteiger partial charge in [0.15, 0.2) is 11.5 Å². The van der Waals surface area contributed by atoms with E-state index in [2.05, 4.69) is 10.5 Å². The Bertz CT molecular complexity index is 1080. The Morgan fingerprint density at radius 1 is 1.13 bits per heavy atom. The largest absolute Gasteiger partial charge is 0.508 e. The maximum absolute atomic E-state index is 12.2. The molecule has 0 aliphatic rings. The molecule has 1 amide bonds. The van der Waals surface area contributed by atoms with Crippen LogP contribution in [0.4, 0.5) is 0 Å². The first-order chi connectivity index (χ1) is 14.5. The predicted molar refractivity (Wildman–Crippen MR) is 112 cm³/mol. The van der Waals surface area contributed by atoms with Gasteiger partial charge in [0, 0.05) is 0 Å².